The third-order valence-corrected chi connectivity index (χ3v) is 5.18. The summed E-state index contributed by atoms with van der Waals surface area (Å²) < 4.78 is 5.44. The van der Waals surface area contributed by atoms with Crippen LogP contribution in [0.1, 0.15) is 23.8 Å². The summed E-state index contributed by atoms with van der Waals surface area (Å²) in [5.74, 6) is 0.141. The molecule has 2 atom stereocenters. The van der Waals surface area contributed by atoms with Crippen LogP contribution in [0.15, 0.2) is 17.5 Å². The summed E-state index contributed by atoms with van der Waals surface area (Å²) in [7, 11) is 0. The van der Waals surface area contributed by atoms with E-state index < -0.39 is 0 Å². The van der Waals surface area contributed by atoms with Crippen molar-refractivity contribution in [2.24, 2.45) is 0 Å². The Kier molecular flexibility index (Phi) is 9.43. The average Bonchev–Trinajstić information content (AvgIpc) is 3.22. The van der Waals surface area contributed by atoms with Gasteiger partial charge < -0.3 is 15.4 Å². The molecule has 0 spiro atoms. The summed E-state index contributed by atoms with van der Waals surface area (Å²) in [5.41, 5.74) is 0. The van der Waals surface area contributed by atoms with Gasteiger partial charge in [-0.2, -0.15) is 0 Å². The van der Waals surface area contributed by atoms with E-state index in [9.17, 15) is 4.79 Å². The third-order valence-electron chi connectivity index (χ3n) is 4.20. The van der Waals surface area contributed by atoms with Crippen LogP contribution in [0.4, 0.5) is 0 Å². The maximum Gasteiger partial charge on any atom is 0.237 e. The molecule has 2 aliphatic heterocycles. The molecular formula is C15H25Cl2N3O2S. The molecule has 5 nitrogen and oxygen atoms in total. The fourth-order valence-electron chi connectivity index (χ4n) is 3.01. The molecule has 1 aromatic heterocycles. The monoisotopic (exact) mass is 381 g/mol. The zero-order valence-corrected chi connectivity index (χ0v) is 15.5. The van der Waals surface area contributed by atoms with Gasteiger partial charge in [-0.05, 0) is 30.8 Å². The lowest BCUT2D eigenvalue weighted by Gasteiger charge is -2.34. The molecule has 3 rings (SSSR count). The number of rotatable bonds is 5. The van der Waals surface area contributed by atoms with Gasteiger partial charge in [-0.1, -0.05) is 6.07 Å². The maximum absolute atomic E-state index is 12.2. The standard InChI is InChI=1S/C15H23N3O2S.2ClH/c19-15(12-3-1-5-16-12)17-11-13(14-4-2-10-21-14)18-6-8-20-9-7-18;;/h2,4,10,12-13,16H,1,3,5-9,11H2,(H,17,19);2*1H/t12-,13?;;/m0../s1. The second-order valence-electron chi connectivity index (χ2n) is 5.57. The molecule has 0 radical (unpaired) electrons. The minimum absolute atomic E-state index is 0. The molecule has 23 heavy (non-hydrogen) atoms. The Balaban J connectivity index is 0.00000132. The van der Waals surface area contributed by atoms with Gasteiger partial charge in [0.25, 0.3) is 0 Å². The van der Waals surface area contributed by atoms with Crippen LogP contribution in [0.2, 0.25) is 0 Å². The van der Waals surface area contributed by atoms with Crippen molar-refractivity contribution in [3.63, 3.8) is 0 Å². The fourth-order valence-corrected chi connectivity index (χ4v) is 3.87. The Bertz CT molecular complexity index is 450. The van der Waals surface area contributed by atoms with E-state index in [1.165, 1.54) is 4.88 Å². The molecule has 1 unspecified atom stereocenters. The Morgan fingerprint density at radius 3 is 2.83 bits per heavy atom. The summed E-state index contributed by atoms with van der Waals surface area (Å²) >= 11 is 1.76. The van der Waals surface area contributed by atoms with Gasteiger partial charge in [0.2, 0.25) is 5.91 Å². The molecule has 0 aromatic carbocycles. The molecular weight excluding hydrogens is 357 g/mol. The van der Waals surface area contributed by atoms with Crippen LogP contribution in [0.5, 0.6) is 0 Å². The highest BCUT2D eigenvalue weighted by molar-refractivity contribution is 7.10. The summed E-state index contributed by atoms with van der Waals surface area (Å²) in [6.07, 6.45) is 2.04. The number of nitrogens with zero attached hydrogens (tertiary/aromatic N) is 1. The van der Waals surface area contributed by atoms with Gasteiger partial charge in [0, 0.05) is 24.5 Å². The maximum atomic E-state index is 12.2. The highest BCUT2D eigenvalue weighted by Crippen LogP contribution is 2.25. The first-order chi connectivity index (χ1) is 10.3. The molecule has 2 N–H and O–H groups in total. The molecule has 2 fully saturated rings. The smallest absolute Gasteiger partial charge is 0.237 e. The zero-order valence-electron chi connectivity index (χ0n) is 13.0. The topological polar surface area (TPSA) is 53.6 Å². The number of morpholine rings is 1. The molecule has 8 heteroatoms. The van der Waals surface area contributed by atoms with E-state index in [1.54, 1.807) is 11.3 Å². The summed E-state index contributed by atoms with van der Waals surface area (Å²) in [6, 6.07) is 4.50. The fraction of sp³-hybridized carbons (Fsp3) is 0.667. The number of amides is 1. The molecule has 0 aliphatic carbocycles. The minimum atomic E-state index is -0.00123. The van der Waals surface area contributed by atoms with Gasteiger partial charge in [0.1, 0.15) is 0 Å². The summed E-state index contributed by atoms with van der Waals surface area (Å²) in [6.45, 7) is 5.05. The van der Waals surface area contributed by atoms with Gasteiger partial charge in [-0.3, -0.25) is 9.69 Å². The lowest BCUT2D eigenvalue weighted by atomic mass is 10.1. The number of ether oxygens (including phenoxy) is 1. The van der Waals surface area contributed by atoms with Gasteiger partial charge in [0.15, 0.2) is 0 Å². The second kappa shape index (κ2) is 10.5. The lowest BCUT2D eigenvalue weighted by Crippen LogP contribution is -2.46. The number of carbonyl (C=O) groups excluding carboxylic acids is 1. The van der Waals surface area contributed by atoms with Crippen molar-refractivity contribution in [1.29, 1.82) is 0 Å². The van der Waals surface area contributed by atoms with Gasteiger partial charge in [-0.25, -0.2) is 0 Å². The minimum Gasteiger partial charge on any atom is -0.379 e. The van der Waals surface area contributed by atoms with Crippen molar-refractivity contribution >= 4 is 42.1 Å². The number of thiophene rings is 1. The molecule has 0 saturated carbocycles. The molecule has 132 valence electrons. The Morgan fingerprint density at radius 2 is 2.22 bits per heavy atom. The Hall–Kier alpha value is -0.370. The third kappa shape index (κ3) is 5.59. The predicted molar refractivity (Wildman–Crippen MR) is 98.0 cm³/mol. The first kappa shape index (κ1) is 20.7. The van der Waals surface area contributed by atoms with Crippen molar-refractivity contribution < 1.29 is 9.53 Å². The SMILES string of the molecule is Cl.Cl.O=C(NCC(c1cccs1)N1CCOCC1)[C@@H]1CCCN1. The van der Waals surface area contributed by atoms with E-state index in [0.29, 0.717) is 6.54 Å². The van der Waals surface area contributed by atoms with E-state index in [0.717, 1.165) is 45.7 Å². The molecule has 2 aliphatic rings. The summed E-state index contributed by atoms with van der Waals surface area (Å²) in [5, 5.41) is 8.48. The van der Waals surface area contributed by atoms with Crippen LogP contribution in [-0.4, -0.2) is 56.2 Å². The van der Waals surface area contributed by atoms with Crippen LogP contribution in [-0.2, 0) is 9.53 Å². The van der Waals surface area contributed by atoms with Crippen molar-refractivity contribution in [3.8, 4) is 0 Å². The number of carbonyl (C=O) groups is 1. The van der Waals surface area contributed by atoms with Crippen molar-refractivity contribution in [1.82, 2.24) is 15.5 Å². The van der Waals surface area contributed by atoms with E-state index in [-0.39, 0.29) is 42.8 Å². The van der Waals surface area contributed by atoms with E-state index in [2.05, 4.69) is 33.0 Å². The van der Waals surface area contributed by atoms with Gasteiger partial charge in [-0.15, -0.1) is 36.2 Å². The van der Waals surface area contributed by atoms with E-state index >= 15 is 0 Å². The van der Waals surface area contributed by atoms with Gasteiger partial charge in [0.05, 0.1) is 25.3 Å². The Labute approximate surface area is 154 Å². The highest BCUT2D eigenvalue weighted by atomic mass is 35.5. The van der Waals surface area contributed by atoms with Crippen molar-refractivity contribution in [3.05, 3.63) is 22.4 Å². The molecule has 0 bridgehead atoms. The zero-order chi connectivity index (χ0) is 14.5. The van der Waals surface area contributed by atoms with Crippen molar-refractivity contribution in [2.45, 2.75) is 24.9 Å². The predicted octanol–water partition coefficient (Wildman–Crippen LogP) is 1.83. The number of halogens is 2. The Morgan fingerprint density at radius 1 is 1.43 bits per heavy atom. The molecule has 1 amide bonds. The molecule has 2 saturated heterocycles. The average molecular weight is 382 g/mol. The highest BCUT2D eigenvalue weighted by Gasteiger charge is 2.26. The van der Waals surface area contributed by atoms with Crippen LogP contribution in [0.25, 0.3) is 0 Å². The normalized spacial score (nSPS) is 22.7. The molecule has 3 heterocycles. The molecule has 1 aromatic rings. The van der Waals surface area contributed by atoms with E-state index in [1.807, 2.05) is 0 Å². The van der Waals surface area contributed by atoms with Crippen LogP contribution < -0.4 is 10.6 Å². The number of hydrogen-bond acceptors (Lipinski definition) is 5. The largest absolute Gasteiger partial charge is 0.379 e. The first-order valence-corrected chi connectivity index (χ1v) is 8.59. The second-order valence-corrected chi connectivity index (χ2v) is 6.55. The number of nitrogens with one attached hydrogen (secondary N) is 2. The van der Waals surface area contributed by atoms with Crippen LogP contribution >= 0.6 is 36.2 Å². The first-order valence-electron chi connectivity index (χ1n) is 7.71. The number of hydrogen-bond donors (Lipinski definition) is 2. The van der Waals surface area contributed by atoms with Crippen molar-refractivity contribution in [2.75, 3.05) is 39.4 Å². The lowest BCUT2D eigenvalue weighted by molar-refractivity contribution is -0.123. The summed E-state index contributed by atoms with van der Waals surface area (Å²) in [4.78, 5) is 15.9. The van der Waals surface area contributed by atoms with Gasteiger partial charge >= 0.3 is 0 Å². The quantitative estimate of drug-likeness (QED) is 0.816. The van der Waals surface area contributed by atoms with Crippen LogP contribution in [0, 0.1) is 0 Å². The van der Waals surface area contributed by atoms with E-state index in [4.69, 9.17) is 4.74 Å². The van der Waals surface area contributed by atoms with Crippen LogP contribution in [0.3, 0.4) is 0 Å².